The molecule has 14 heavy (non-hydrogen) atoms. The highest BCUT2D eigenvalue weighted by Gasteiger charge is 2.41. The van der Waals surface area contributed by atoms with Crippen molar-refractivity contribution >= 4 is 5.97 Å². The molecule has 1 heterocycles. The number of esters is 1. The lowest BCUT2D eigenvalue weighted by Crippen LogP contribution is -2.32. The van der Waals surface area contributed by atoms with Crippen molar-refractivity contribution in [2.75, 3.05) is 6.61 Å². The third-order valence-corrected chi connectivity index (χ3v) is 1.55. The first-order chi connectivity index (χ1) is 6.56. The number of ether oxygens (including phenoxy) is 1. The molecule has 1 aromatic heterocycles. The van der Waals surface area contributed by atoms with Crippen LogP contribution in [0.3, 0.4) is 0 Å². The Morgan fingerprint density at radius 1 is 1.64 bits per heavy atom. The molecule has 0 aliphatic heterocycles. The van der Waals surface area contributed by atoms with Crippen LogP contribution in [0.25, 0.3) is 0 Å². The van der Waals surface area contributed by atoms with E-state index < -0.39 is 18.3 Å². The van der Waals surface area contributed by atoms with E-state index in [9.17, 15) is 13.6 Å². The number of hydrogen-bond donors (Lipinski definition) is 0. The van der Waals surface area contributed by atoms with E-state index in [0.29, 0.717) is 0 Å². The lowest BCUT2D eigenvalue weighted by atomic mass is 10.2. The summed E-state index contributed by atoms with van der Waals surface area (Å²) in [5.74, 6) is -4.98. The maximum atomic E-state index is 13.0. The molecule has 0 saturated heterocycles. The van der Waals surface area contributed by atoms with Crippen molar-refractivity contribution in [3.63, 3.8) is 0 Å². The van der Waals surface area contributed by atoms with Gasteiger partial charge in [-0.2, -0.15) is 8.78 Å². The Morgan fingerprint density at radius 2 is 2.36 bits per heavy atom. The van der Waals surface area contributed by atoms with Gasteiger partial charge in [-0.3, -0.25) is 0 Å². The number of rotatable bonds is 4. The minimum absolute atomic E-state index is 0.0584. The Bertz CT molecular complexity index is 293. The zero-order valence-corrected chi connectivity index (χ0v) is 7.63. The second kappa shape index (κ2) is 4.21. The summed E-state index contributed by atoms with van der Waals surface area (Å²) in [5, 5.41) is 0. The quantitative estimate of drug-likeness (QED) is 0.704. The smallest absolute Gasteiger partial charge is 0.377 e. The Kier molecular flexibility index (Phi) is 3.22. The molecular weight excluding hydrogens is 194 g/mol. The molecule has 0 aromatic carbocycles. The molecule has 0 amide bonds. The van der Waals surface area contributed by atoms with Crippen LogP contribution in [0.1, 0.15) is 12.7 Å². The van der Waals surface area contributed by atoms with Crippen LogP contribution in [0.4, 0.5) is 8.78 Å². The third kappa shape index (κ3) is 2.55. The van der Waals surface area contributed by atoms with Gasteiger partial charge >= 0.3 is 11.9 Å². The topological polar surface area (TPSA) is 39.4 Å². The molecule has 0 unspecified atom stereocenters. The standard InChI is InChI=1S/C9H10F2O3/c1-2-13-8(12)9(10,11)6-7-4-3-5-14-7/h3-5H,2,6H2,1H3. The number of halogens is 2. The average Bonchev–Trinajstić information content (AvgIpc) is 2.56. The fourth-order valence-corrected chi connectivity index (χ4v) is 0.941. The van der Waals surface area contributed by atoms with E-state index in [1.165, 1.54) is 25.3 Å². The number of carbonyl (C=O) groups is 1. The van der Waals surface area contributed by atoms with Crippen LogP contribution in [0.5, 0.6) is 0 Å². The molecule has 0 aliphatic rings. The lowest BCUT2D eigenvalue weighted by molar-refractivity contribution is -0.171. The Balaban J connectivity index is 2.61. The highest BCUT2D eigenvalue weighted by atomic mass is 19.3. The van der Waals surface area contributed by atoms with Gasteiger partial charge in [0, 0.05) is 0 Å². The Morgan fingerprint density at radius 3 is 2.86 bits per heavy atom. The molecule has 0 bridgehead atoms. The number of hydrogen-bond acceptors (Lipinski definition) is 3. The first kappa shape index (κ1) is 10.7. The molecule has 0 N–H and O–H groups in total. The van der Waals surface area contributed by atoms with Gasteiger partial charge in [0.05, 0.1) is 19.3 Å². The van der Waals surface area contributed by atoms with Gasteiger partial charge in [-0.25, -0.2) is 4.79 Å². The van der Waals surface area contributed by atoms with Gasteiger partial charge in [-0.05, 0) is 19.1 Å². The molecule has 0 saturated carbocycles. The summed E-state index contributed by atoms with van der Waals surface area (Å²) in [4.78, 5) is 10.8. The monoisotopic (exact) mass is 204 g/mol. The van der Waals surface area contributed by atoms with Crippen molar-refractivity contribution in [2.24, 2.45) is 0 Å². The second-order valence-electron chi connectivity index (χ2n) is 2.68. The zero-order chi connectivity index (χ0) is 10.6. The van der Waals surface area contributed by atoms with Crippen LogP contribution in [0.2, 0.25) is 0 Å². The minimum atomic E-state index is -3.52. The summed E-state index contributed by atoms with van der Waals surface area (Å²) in [7, 11) is 0. The van der Waals surface area contributed by atoms with E-state index in [1.807, 2.05) is 0 Å². The molecule has 0 aliphatic carbocycles. The minimum Gasteiger partial charge on any atom is -0.469 e. The summed E-state index contributed by atoms with van der Waals surface area (Å²) >= 11 is 0. The zero-order valence-electron chi connectivity index (χ0n) is 7.63. The van der Waals surface area contributed by atoms with Gasteiger partial charge in [0.15, 0.2) is 0 Å². The van der Waals surface area contributed by atoms with Crippen LogP contribution in [0, 0.1) is 0 Å². The first-order valence-corrected chi connectivity index (χ1v) is 4.13. The predicted octanol–water partition coefficient (Wildman–Crippen LogP) is 2.02. The van der Waals surface area contributed by atoms with E-state index in [2.05, 4.69) is 4.74 Å². The molecule has 0 fully saturated rings. The third-order valence-electron chi connectivity index (χ3n) is 1.55. The van der Waals surface area contributed by atoms with E-state index in [1.54, 1.807) is 0 Å². The van der Waals surface area contributed by atoms with E-state index in [-0.39, 0.29) is 12.4 Å². The molecule has 0 atom stereocenters. The van der Waals surface area contributed by atoms with Crippen molar-refractivity contribution in [1.29, 1.82) is 0 Å². The number of furan rings is 1. The van der Waals surface area contributed by atoms with Gasteiger partial charge < -0.3 is 9.15 Å². The summed E-state index contributed by atoms with van der Waals surface area (Å²) in [6.45, 7) is 1.41. The predicted molar refractivity (Wildman–Crippen MR) is 44.0 cm³/mol. The second-order valence-corrected chi connectivity index (χ2v) is 2.68. The van der Waals surface area contributed by atoms with Crippen LogP contribution in [-0.4, -0.2) is 18.5 Å². The Hall–Kier alpha value is -1.39. The van der Waals surface area contributed by atoms with Crippen LogP contribution in [0.15, 0.2) is 22.8 Å². The molecular formula is C9H10F2O3. The fraction of sp³-hybridized carbons (Fsp3) is 0.444. The van der Waals surface area contributed by atoms with Gasteiger partial charge in [0.2, 0.25) is 0 Å². The molecule has 3 nitrogen and oxygen atoms in total. The summed E-state index contributed by atoms with van der Waals surface area (Å²) in [6, 6.07) is 2.86. The summed E-state index contributed by atoms with van der Waals surface area (Å²) in [6.07, 6.45) is 0.509. The van der Waals surface area contributed by atoms with Gasteiger partial charge in [-0.1, -0.05) is 0 Å². The normalized spacial score (nSPS) is 11.4. The van der Waals surface area contributed by atoms with E-state index >= 15 is 0 Å². The molecule has 0 spiro atoms. The largest absolute Gasteiger partial charge is 0.469 e. The molecule has 5 heteroatoms. The molecule has 78 valence electrons. The summed E-state index contributed by atoms with van der Waals surface area (Å²) < 4.78 is 35.0. The SMILES string of the molecule is CCOC(=O)C(F)(F)Cc1ccco1. The molecule has 1 rings (SSSR count). The first-order valence-electron chi connectivity index (χ1n) is 4.13. The van der Waals surface area contributed by atoms with Crippen molar-refractivity contribution in [2.45, 2.75) is 19.3 Å². The van der Waals surface area contributed by atoms with Crippen molar-refractivity contribution in [1.82, 2.24) is 0 Å². The highest BCUT2D eigenvalue weighted by Crippen LogP contribution is 2.21. The Labute approximate surface area is 79.7 Å². The maximum absolute atomic E-state index is 13.0. The average molecular weight is 204 g/mol. The number of alkyl halides is 2. The van der Waals surface area contributed by atoms with Crippen LogP contribution in [-0.2, 0) is 16.0 Å². The van der Waals surface area contributed by atoms with Gasteiger partial charge in [-0.15, -0.1) is 0 Å². The van der Waals surface area contributed by atoms with Crippen molar-refractivity contribution < 1.29 is 22.7 Å². The molecule has 0 radical (unpaired) electrons. The van der Waals surface area contributed by atoms with Crippen molar-refractivity contribution in [3.8, 4) is 0 Å². The fourth-order valence-electron chi connectivity index (χ4n) is 0.941. The van der Waals surface area contributed by atoms with E-state index in [4.69, 9.17) is 4.42 Å². The highest BCUT2D eigenvalue weighted by molar-refractivity contribution is 5.77. The van der Waals surface area contributed by atoms with Gasteiger partial charge in [0.1, 0.15) is 5.76 Å². The maximum Gasteiger partial charge on any atom is 0.377 e. The lowest BCUT2D eigenvalue weighted by Gasteiger charge is -2.12. The van der Waals surface area contributed by atoms with Crippen molar-refractivity contribution in [3.05, 3.63) is 24.2 Å². The van der Waals surface area contributed by atoms with E-state index in [0.717, 1.165) is 0 Å². The summed E-state index contributed by atoms with van der Waals surface area (Å²) in [5.41, 5.74) is 0. The molecule has 1 aromatic rings. The van der Waals surface area contributed by atoms with Crippen LogP contribution >= 0.6 is 0 Å². The number of carbonyl (C=O) groups excluding carboxylic acids is 1. The van der Waals surface area contributed by atoms with Gasteiger partial charge in [0.25, 0.3) is 0 Å². The van der Waals surface area contributed by atoms with Crippen LogP contribution < -0.4 is 0 Å².